The van der Waals surface area contributed by atoms with Gasteiger partial charge in [-0.1, -0.05) is 25.5 Å². The fraction of sp³-hybridized carbons (Fsp3) is 0.294. The van der Waals surface area contributed by atoms with Crippen LogP contribution in [0, 0.1) is 6.92 Å². The highest BCUT2D eigenvalue weighted by atomic mass is 32.2. The fourth-order valence-corrected chi connectivity index (χ4v) is 3.20. The van der Waals surface area contributed by atoms with Crippen molar-refractivity contribution in [1.82, 2.24) is 0 Å². The van der Waals surface area contributed by atoms with E-state index in [1.807, 2.05) is 0 Å². The Kier molecular flexibility index (Phi) is 5.50. The van der Waals surface area contributed by atoms with Crippen LogP contribution in [0.1, 0.15) is 25.3 Å². The van der Waals surface area contributed by atoms with Crippen molar-refractivity contribution in [3.05, 3.63) is 48.0 Å². The maximum atomic E-state index is 12.4. The molecule has 124 valence electrons. The highest BCUT2D eigenvalue weighted by Gasteiger charge is 2.17. The molecule has 0 aromatic heterocycles. The zero-order valence-electron chi connectivity index (χ0n) is 13.2. The quantitative estimate of drug-likeness (QED) is 0.598. The standard InChI is InChI=1S/C17H21NO4S/c1-3-4-11-22-17-10-9-14(12-13(17)2)23(20,21)18-15-7-5-6-8-16(15)19/h5-10,12,18-19H,3-4,11H2,1-2H3. The van der Waals surface area contributed by atoms with Gasteiger partial charge in [-0.3, -0.25) is 4.72 Å². The van der Waals surface area contributed by atoms with Crippen LogP contribution in [0.3, 0.4) is 0 Å². The summed E-state index contributed by atoms with van der Waals surface area (Å²) in [5, 5.41) is 9.69. The predicted molar refractivity (Wildman–Crippen MR) is 90.5 cm³/mol. The first-order valence-electron chi connectivity index (χ1n) is 7.48. The molecule has 0 saturated heterocycles. The molecule has 0 spiro atoms. The van der Waals surface area contributed by atoms with Crippen molar-refractivity contribution < 1.29 is 18.3 Å². The first kappa shape index (κ1) is 17.1. The number of unbranched alkanes of at least 4 members (excludes halogenated alkanes) is 1. The third kappa shape index (κ3) is 4.39. The zero-order valence-corrected chi connectivity index (χ0v) is 14.1. The summed E-state index contributed by atoms with van der Waals surface area (Å²) in [6, 6.07) is 10.9. The smallest absolute Gasteiger partial charge is 0.262 e. The van der Waals surface area contributed by atoms with Crippen LogP contribution in [0.25, 0.3) is 0 Å². The minimum absolute atomic E-state index is 0.118. The van der Waals surface area contributed by atoms with Crippen LogP contribution in [-0.2, 0) is 10.0 Å². The van der Waals surface area contributed by atoms with Gasteiger partial charge in [0.15, 0.2) is 0 Å². The summed E-state index contributed by atoms with van der Waals surface area (Å²) < 4.78 is 32.8. The summed E-state index contributed by atoms with van der Waals surface area (Å²) in [7, 11) is -3.77. The third-order valence-corrected chi connectivity index (χ3v) is 4.72. The Labute approximate surface area is 137 Å². The normalized spacial score (nSPS) is 11.2. The van der Waals surface area contributed by atoms with Crippen LogP contribution in [-0.4, -0.2) is 20.1 Å². The van der Waals surface area contributed by atoms with Crippen LogP contribution in [0.15, 0.2) is 47.4 Å². The van der Waals surface area contributed by atoms with Gasteiger partial charge < -0.3 is 9.84 Å². The summed E-state index contributed by atoms with van der Waals surface area (Å²) in [5.74, 6) is 0.562. The van der Waals surface area contributed by atoms with E-state index in [0.29, 0.717) is 12.4 Å². The van der Waals surface area contributed by atoms with Crippen molar-refractivity contribution >= 4 is 15.7 Å². The van der Waals surface area contributed by atoms with Crippen molar-refractivity contribution in [3.63, 3.8) is 0 Å². The first-order valence-corrected chi connectivity index (χ1v) is 8.96. The number of phenols is 1. The number of rotatable bonds is 7. The summed E-state index contributed by atoms with van der Waals surface area (Å²) in [4.78, 5) is 0.126. The molecular formula is C17H21NO4S. The summed E-state index contributed by atoms with van der Waals surface area (Å²) in [5.41, 5.74) is 0.898. The Bertz CT molecular complexity index is 772. The lowest BCUT2D eigenvalue weighted by Gasteiger charge is -2.12. The van der Waals surface area contributed by atoms with Crippen LogP contribution >= 0.6 is 0 Å². The number of aromatic hydroxyl groups is 1. The Morgan fingerprint density at radius 3 is 2.57 bits per heavy atom. The number of para-hydroxylation sites is 2. The number of benzene rings is 2. The molecule has 0 saturated carbocycles. The molecular weight excluding hydrogens is 314 g/mol. The van der Waals surface area contributed by atoms with E-state index in [-0.39, 0.29) is 16.3 Å². The van der Waals surface area contributed by atoms with Crippen LogP contribution in [0.5, 0.6) is 11.5 Å². The second kappa shape index (κ2) is 7.37. The molecule has 0 unspecified atom stereocenters. The second-order valence-electron chi connectivity index (χ2n) is 5.25. The van der Waals surface area contributed by atoms with E-state index in [2.05, 4.69) is 11.6 Å². The number of hydrogen-bond acceptors (Lipinski definition) is 4. The largest absolute Gasteiger partial charge is 0.506 e. The molecule has 0 bridgehead atoms. The average Bonchev–Trinajstić information content (AvgIpc) is 2.51. The molecule has 23 heavy (non-hydrogen) atoms. The predicted octanol–water partition coefficient (Wildman–Crippen LogP) is 3.68. The number of phenolic OH excluding ortho intramolecular Hbond substituents is 1. The summed E-state index contributed by atoms with van der Waals surface area (Å²) in [6.07, 6.45) is 1.99. The maximum absolute atomic E-state index is 12.4. The van der Waals surface area contributed by atoms with Gasteiger partial charge in [0.1, 0.15) is 11.5 Å². The molecule has 2 aromatic carbocycles. The van der Waals surface area contributed by atoms with Gasteiger partial charge in [-0.05, 0) is 49.2 Å². The van der Waals surface area contributed by atoms with Gasteiger partial charge in [0.2, 0.25) is 0 Å². The van der Waals surface area contributed by atoms with E-state index in [1.54, 1.807) is 31.2 Å². The lowest BCUT2D eigenvalue weighted by atomic mass is 10.2. The van der Waals surface area contributed by atoms with E-state index in [0.717, 1.165) is 18.4 Å². The lowest BCUT2D eigenvalue weighted by molar-refractivity contribution is 0.307. The summed E-state index contributed by atoms with van der Waals surface area (Å²) >= 11 is 0. The van der Waals surface area contributed by atoms with E-state index in [9.17, 15) is 13.5 Å². The molecule has 2 aromatic rings. The first-order chi connectivity index (χ1) is 10.9. The molecule has 6 heteroatoms. The van der Waals surface area contributed by atoms with Gasteiger partial charge in [0.05, 0.1) is 17.2 Å². The summed E-state index contributed by atoms with van der Waals surface area (Å²) in [6.45, 7) is 4.50. The number of anilines is 1. The molecule has 2 N–H and O–H groups in total. The molecule has 0 radical (unpaired) electrons. The van der Waals surface area contributed by atoms with Gasteiger partial charge >= 0.3 is 0 Å². The van der Waals surface area contributed by atoms with Crippen molar-refractivity contribution in [3.8, 4) is 11.5 Å². The lowest BCUT2D eigenvalue weighted by Crippen LogP contribution is -2.13. The fourth-order valence-electron chi connectivity index (χ4n) is 2.04. The van der Waals surface area contributed by atoms with Crippen LogP contribution in [0.2, 0.25) is 0 Å². The molecule has 2 rings (SSSR count). The minimum Gasteiger partial charge on any atom is -0.506 e. The number of ether oxygens (including phenoxy) is 1. The van der Waals surface area contributed by atoms with E-state index >= 15 is 0 Å². The van der Waals surface area contributed by atoms with Crippen molar-refractivity contribution in [1.29, 1.82) is 0 Å². The van der Waals surface area contributed by atoms with Gasteiger partial charge in [0, 0.05) is 0 Å². The molecule has 0 heterocycles. The number of aryl methyl sites for hydroxylation is 1. The van der Waals surface area contributed by atoms with E-state index in [4.69, 9.17) is 4.74 Å². The minimum atomic E-state index is -3.77. The van der Waals surface area contributed by atoms with Crippen molar-refractivity contribution in [2.45, 2.75) is 31.6 Å². The zero-order chi connectivity index (χ0) is 16.9. The maximum Gasteiger partial charge on any atom is 0.262 e. The third-order valence-electron chi connectivity index (χ3n) is 3.36. The van der Waals surface area contributed by atoms with E-state index < -0.39 is 10.0 Å². The SMILES string of the molecule is CCCCOc1ccc(S(=O)(=O)Nc2ccccc2O)cc1C. The van der Waals surface area contributed by atoms with Crippen LogP contribution in [0.4, 0.5) is 5.69 Å². The van der Waals surface area contributed by atoms with Crippen molar-refractivity contribution in [2.24, 2.45) is 0 Å². The van der Waals surface area contributed by atoms with Gasteiger partial charge in [-0.2, -0.15) is 0 Å². The van der Waals surface area contributed by atoms with Gasteiger partial charge in [-0.25, -0.2) is 8.42 Å². The van der Waals surface area contributed by atoms with Crippen molar-refractivity contribution in [2.75, 3.05) is 11.3 Å². The monoisotopic (exact) mass is 335 g/mol. The van der Waals surface area contributed by atoms with Crippen LogP contribution < -0.4 is 9.46 Å². The highest BCUT2D eigenvalue weighted by molar-refractivity contribution is 7.92. The average molecular weight is 335 g/mol. The molecule has 0 atom stereocenters. The molecule has 0 aliphatic carbocycles. The molecule has 0 amide bonds. The Hall–Kier alpha value is -2.21. The highest BCUT2D eigenvalue weighted by Crippen LogP contribution is 2.27. The van der Waals surface area contributed by atoms with E-state index in [1.165, 1.54) is 18.2 Å². The topological polar surface area (TPSA) is 75.6 Å². The van der Waals surface area contributed by atoms with Gasteiger partial charge in [0.25, 0.3) is 10.0 Å². The Morgan fingerprint density at radius 1 is 1.17 bits per heavy atom. The number of sulfonamides is 1. The van der Waals surface area contributed by atoms with Gasteiger partial charge in [-0.15, -0.1) is 0 Å². The Balaban J connectivity index is 2.20. The molecule has 0 aliphatic rings. The molecule has 5 nitrogen and oxygen atoms in total. The Morgan fingerprint density at radius 2 is 1.91 bits per heavy atom. The number of nitrogens with one attached hydrogen (secondary N) is 1. The molecule has 0 fully saturated rings. The number of hydrogen-bond donors (Lipinski definition) is 2. The molecule has 0 aliphatic heterocycles. The second-order valence-corrected chi connectivity index (χ2v) is 6.93.